The van der Waals surface area contributed by atoms with Crippen molar-refractivity contribution < 1.29 is 9.47 Å². The third kappa shape index (κ3) is 9.32. The van der Waals surface area contributed by atoms with Gasteiger partial charge in [-0.3, -0.25) is 4.90 Å². The summed E-state index contributed by atoms with van der Waals surface area (Å²) in [5.74, 6) is 0. The summed E-state index contributed by atoms with van der Waals surface area (Å²) in [5.41, 5.74) is 5.67. The number of thiocarbonyl (C=S) groups is 1. The molecule has 0 radical (unpaired) electrons. The Morgan fingerprint density at radius 3 is 1.89 bits per heavy atom. The van der Waals surface area contributed by atoms with Crippen molar-refractivity contribution in [3.8, 4) is 0 Å². The highest BCUT2D eigenvalue weighted by Crippen LogP contribution is 2.20. The van der Waals surface area contributed by atoms with Gasteiger partial charge in [0.1, 0.15) is 0 Å². The van der Waals surface area contributed by atoms with Gasteiger partial charge < -0.3 is 15.2 Å². The molecule has 0 bridgehead atoms. The molecule has 114 valence electrons. The lowest BCUT2D eigenvalue weighted by Gasteiger charge is -2.28. The predicted molar refractivity (Wildman–Crippen MR) is 84.6 cm³/mol. The van der Waals surface area contributed by atoms with Crippen LogP contribution in [0.3, 0.4) is 0 Å². The highest BCUT2D eigenvalue weighted by Gasteiger charge is 2.22. The lowest BCUT2D eigenvalue weighted by Crippen LogP contribution is -2.37. The van der Waals surface area contributed by atoms with Gasteiger partial charge in [-0.2, -0.15) is 0 Å². The molecule has 0 saturated carbocycles. The van der Waals surface area contributed by atoms with Crippen LogP contribution in [0.2, 0.25) is 0 Å². The van der Waals surface area contributed by atoms with Crippen LogP contribution in [0.25, 0.3) is 0 Å². The van der Waals surface area contributed by atoms with Gasteiger partial charge in [-0.25, -0.2) is 0 Å². The van der Waals surface area contributed by atoms with Crippen LogP contribution >= 0.6 is 12.2 Å². The molecule has 0 aliphatic carbocycles. The van der Waals surface area contributed by atoms with Crippen molar-refractivity contribution in [1.82, 2.24) is 4.90 Å². The first-order valence-corrected chi connectivity index (χ1v) is 7.52. The zero-order chi connectivity index (χ0) is 14.7. The normalized spacial score (nSPS) is 12.1. The Bertz CT molecular complexity index is 238. The van der Waals surface area contributed by atoms with Gasteiger partial charge in [-0.15, -0.1) is 0 Å². The molecule has 0 spiro atoms. The van der Waals surface area contributed by atoms with Gasteiger partial charge in [0.15, 0.2) is 0 Å². The molecular formula is C14H30N2O2S. The lowest BCUT2D eigenvalue weighted by atomic mass is 9.89. The van der Waals surface area contributed by atoms with E-state index >= 15 is 0 Å². The van der Waals surface area contributed by atoms with Gasteiger partial charge in [0, 0.05) is 31.7 Å². The zero-order valence-corrected chi connectivity index (χ0v) is 13.7. The van der Waals surface area contributed by atoms with Crippen molar-refractivity contribution in [3.63, 3.8) is 0 Å². The maximum Gasteiger partial charge on any atom is 0.0784 e. The molecule has 0 aliphatic heterocycles. The van der Waals surface area contributed by atoms with Crippen molar-refractivity contribution >= 4 is 17.2 Å². The Balaban J connectivity index is 4.12. The summed E-state index contributed by atoms with van der Waals surface area (Å²) in [6.07, 6.45) is 0.959. The van der Waals surface area contributed by atoms with E-state index in [2.05, 4.69) is 18.7 Å². The zero-order valence-electron chi connectivity index (χ0n) is 12.9. The molecule has 0 rings (SSSR count). The molecule has 0 aromatic heterocycles. The minimum absolute atomic E-state index is 0.0925. The van der Waals surface area contributed by atoms with Gasteiger partial charge in [0.05, 0.1) is 18.2 Å². The fraction of sp³-hybridized carbons (Fsp3) is 0.929. The van der Waals surface area contributed by atoms with Crippen molar-refractivity contribution in [3.05, 3.63) is 0 Å². The standard InChI is InChI=1S/C14H30N2O2S/c1-5-17-11-9-16(10-12-18-6-2)8-7-14(3,4)13(15)19/h5-12H2,1-4H3,(H2,15,19). The first kappa shape index (κ1) is 18.8. The van der Waals surface area contributed by atoms with Crippen LogP contribution in [0.5, 0.6) is 0 Å². The topological polar surface area (TPSA) is 47.7 Å². The quantitative estimate of drug-likeness (QED) is 0.440. The number of hydrogen-bond donors (Lipinski definition) is 1. The fourth-order valence-electron chi connectivity index (χ4n) is 1.57. The molecule has 0 atom stereocenters. The van der Waals surface area contributed by atoms with E-state index in [4.69, 9.17) is 27.4 Å². The summed E-state index contributed by atoms with van der Waals surface area (Å²) in [6, 6.07) is 0. The minimum Gasteiger partial charge on any atom is -0.393 e. The molecule has 5 heteroatoms. The first-order chi connectivity index (χ1) is 8.94. The Hall–Kier alpha value is -0.230. The summed E-state index contributed by atoms with van der Waals surface area (Å²) in [7, 11) is 0. The second-order valence-corrected chi connectivity index (χ2v) is 5.67. The molecule has 0 amide bonds. The molecule has 2 N–H and O–H groups in total. The van der Waals surface area contributed by atoms with Crippen molar-refractivity contribution in [2.45, 2.75) is 34.1 Å². The highest BCUT2D eigenvalue weighted by molar-refractivity contribution is 7.80. The molecule has 0 aromatic carbocycles. The molecule has 0 aliphatic rings. The summed E-state index contributed by atoms with van der Waals surface area (Å²) in [4.78, 5) is 2.94. The van der Waals surface area contributed by atoms with E-state index in [1.54, 1.807) is 0 Å². The number of hydrogen-bond acceptors (Lipinski definition) is 4. The molecule has 4 nitrogen and oxygen atoms in total. The van der Waals surface area contributed by atoms with Crippen LogP contribution in [0.15, 0.2) is 0 Å². The van der Waals surface area contributed by atoms with Crippen molar-refractivity contribution in [2.75, 3.05) is 46.1 Å². The SMILES string of the molecule is CCOCCN(CCOCC)CCC(C)(C)C(N)=S. The number of nitrogens with two attached hydrogens (primary N) is 1. The highest BCUT2D eigenvalue weighted by atomic mass is 32.1. The molecule has 0 fully saturated rings. The second-order valence-electron chi connectivity index (χ2n) is 5.23. The van der Waals surface area contributed by atoms with Gasteiger partial charge in [0.2, 0.25) is 0 Å². The van der Waals surface area contributed by atoms with Crippen LogP contribution in [-0.2, 0) is 9.47 Å². The van der Waals surface area contributed by atoms with E-state index < -0.39 is 0 Å². The lowest BCUT2D eigenvalue weighted by molar-refractivity contribution is 0.0796. The third-order valence-corrected chi connectivity index (χ3v) is 3.78. The number of rotatable bonds is 12. The van der Waals surface area contributed by atoms with Crippen LogP contribution < -0.4 is 5.73 Å². The van der Waals surface area contributed by atoms with Gasteiger partial charge >= 0.3 is 0 Å². The third-order valence-electron chi connectivity index (χ3n) is 3.23. The monoisotopic (exact) mass is 290 g/mol. The average Bonchev–Trinajstić information content (AvgIpc) is 2.35. The van der Waals surface area contributed by atoms with Gasteiger partial charge in [0.25, 0.3) is 0 Å². The first-order valence-electron chi connectivity index (χ1n) is 7.11. The second kappa shape index (κ2) is 10.5. The van der Waals surface area contributed by atoms with E-state index in [0.29, 0.717) is 4.99 Å². The Labute approximate surface area is 123 Å². The van der Waals surface area contributed by atoms with Crippen LogP contribution in [0, 0.1) is 5.41 Å². The molecule has 0 aromatic rings. The smallest absolute Gasteiger partial charge is 0.0784 e. The summed E-state index contributed by atoms with van der Waals surface area (Å²) >= 11 is 5.11. The van der Waals surface area contributed by atoms with Crippen molar-refractivity contribution in [2.24, 2.45) is 11.1 Å². The average molecular weight is 290 g/mol. The minimum atomic E-state index is -0.0925. The maximum atomic E-state index is 5.76. The molecule has 0 heterocycles. The largest absolute Gasteiger partial charge is 0.393 e. The number of ether oxygens (including phenoxy) is 2. The Morgan fingerprint density at radius 2 is 1.53 bits per heavy atom. The van der Waals surface area contributed by atoms with E-state index in [9.17, 15) is 0 Å². The Kier molecular flexibility index (Phi) is 10.4. The van der Waals surface area contributed by atoms with Gasteiger partial charge in [-0.1, -0.05) is 26.1 Å². The predicted octanol–water partition coefficient (Wildman–Crippen LogP) is 2.06. The van der Waals surface area contributed by atoms with Crippen LogP contribution in [0.1, 0.15) is 34.1 Å². The van der Waals surface area contributed by atoms with E-state index in [0.717, 1.165) is 52.5 Å². The fourth-order valence-corrected chi connectivity index (χ4v) is 1.67. The van der Waals surface area contributed by atoms with Crippen LogP contribution in [0.4, 0.5) is 0 Å². The molecule has 0 saturated heterocycles. The summed E-state index contributed by atoms with van der Waals surface area (Å²) in [5, 5.41) is 0. The summed E-state index contributed by atoms with van der Waals surface area (Å²) in [6.45, 7) is 14.1. The van der Waals surface area contributed by atoms with E-state index in [-0.39, 0.29) is 5.41 Å². The van der Waals surface area contributed by atoms with Crippen LogP contribution in [-0.4, -0.2) is 56.0 Å². The Morgan fingerprint density at radius 1 is 1.05 bits per heavy atom. The molecular weight excluding hydrogens is 260 g/mol. The van der Waals surface area contributed by atoms with Gasteiger partial charge in [-0.05, 0) is 26.8 Å². The molecule has 0 unspecified atom stereocenters. The van der Waals surface area contributed by atoms with E-state index in [1.807, 2.05) is 13.8 Å². The maximum absolute atomic E-state index is 5.76. The number of nitrogens with zero attached hydrogens (tertiary/aromatic N) is 1. The van der Waals surface area contributed by atoms with Crippen molar-refractivity contribution in [1.29, 1.82) is 0 Å². The van der Waals surface area contributed by atoms with E-state index in [1.165, 1.54) is 0 Å². The summed E-state index contributed by atoms with van der Waals surface area (Å²) < 4.78 is 10.8. The molecule has 19 heavy (non-hydrogen) atoms.